The molecular formula is C22H24ClN3O. The first-order valence-corrected chi connectivity index (χ1v) is 9.82. The number of likely N-dealkylation sites (tertiary alicyclic amines) is 1. The van der Waals surface area contributed by atoms with E-state index in [4.69, 9.17) is 11.6 Å². The quantitative estimate of drug-likeness (QED) is 0.701. The largest absolute Gasteiger partial charge is 0.343 e. The lowest BCUT2D eigenvalue weighted by Gasteiger charge is -2.37. The maximum Gasteiger partial charge on any atom is 0.232 e. The maximum atomic E-state index is 13.2. The number of rotatable bonds is 3. The highest BCUT2D eigenvalue weighted by Gasteiger charge is 2.35. The minimum atomic E-state index is -0.553. The third-order valence-corrected chi connectivity index (χ3v) is 5.99. The molecule has 1 saturated heterocycles. The van der Waals surface area contributed by atoms with Gasteiger partial charge in [0, 0.05) is 41.3 Å². The third-order valence-electron chi connectivity index (χ3n) is 5.74. The molecule has 1 aliphatic rings. The molecule has 1 aliphatic heterocycles. The van der Waals surface area contributed by atoms with E-state index in [2.05, 4.69) is 22.1 Å². The number of carbonyl (C=O) groups is 1. The second-order valence-electron chi connectivity index (χ2n) is 7.86. The summed E-state index contributed by atoms with van der Waals surface area (Å²) in [6, 6.07) is 13.8. The van der Waals surface area contributed by atoms with Gasteiger partial charge < -0.3 is 9.88 Å². The Morgan fingerprint density at radius 1 is 1.19 bits per heavy atom. The van der Waals surface area contributed by atoms with Crippen LogP contribution in [0.2, 0.25) is 5.02 Å². The number of H-pyrrole nitrogens is 1. The van der Waals surface area contributed by atoms with Crippen LogP contribution in [-0.4, -0.2) is 33.9 Å². The zero-order valence-electron chi connectivity index (χ0n) is 15.7. The fourth-order valence-corrected chi connectivity index (χ4v) is 4.10. The fourth-order valence-electron chi connectivity index (χ4n) is 3.98. The van der Waals surface area contributed by atoms with E-state index >= 15 is 0 Å². The van der Waals surface area contributed by atoms with E-state index in [-0.39, 0.29) is 5.91 Å². The molecule has 1 aromatic carbocycles. The Morgan fingerprint density at radius 2 is 1.89 bits per heavy atom. The molecule has 1 fully saturated rings. The number of halogens is 1. The number of amides is 1. The Kier molecular flexibility index (Phi) is 4.68. The van der Waals surface area contributed by atoms with E-state index in [1.165, 1.54) is 5.69 Å². The molecule has 3 aromatic rings. The van der Waals surface area contributed by atoms with Gasteiger partial charge in [0.05, 0.1) is 5.41 Å². The molecule has 0 aliphatic carbocycles. The van der Waals surface area contributed by atoms with Gasteiger partial charge in [-0.25, -0.2) is 4.98 Å². The predicted molar refractivity (Wildman–Crippen MR) is 109 cm³/mol. The molecule has 5 heteroatoms. The van der Waals surface area contributed by atoms with Crippen molar-refractivity contribution in [3.05, 3.63) is 64.9 Å². The van der Waals surface area contributed by atoms with Gasteiger partial charge in [0.25, 0.3) is 0 Å². The van der Waals surface area contributed by atoms with Gasteiger partial charge in [-0.15, -0.1) is 0 Å². The smallest absolute Gasteiger partial charge is 0.232 e. The van der Waals surface area contributed by atoms with Gasteiger partial charge in [-0.2, -0.15) is 0 Å². The van der Waals surface area contributed by atoms with Gasteiger partial charge in [0.2, 0.25) is 5.91 Å². The summed E-state index contributed by atoms with van der Waals surface area (Å²) in [5.74, 6) is 0.628. The van der Waals surface area contributed by atoms with E-state index in [0.717, 1.165) is 42.5 Å². The van der Waals surface area contributed by atoms with Gasteiger partial charge in [0.15, 0.2) is 0 Å². The zero-order valence-corrected chi connectivity index (χ0v) is 16.5. The monoisotopic (exact) mass is 381 g/mol. The summed E-state index contributed by atoms with van der Waals surface area (Å²) in [7, 11) is 0. The van der Waals surface area contributed by atoms with Gasteiger partial charge in [-0.1, -0.05) is 23.7 Å². The minimum absolute atomic E-state index is 0.182. The van der Waals surface area contributed by atoms with Gasteiger partial charge >= 0.3 is 0 Å². The molecule has 27 heavy (non-hydrogen) atoms. The summed E-state index contributed by atoms with van der Waals surface area (Å²) in [5, 5.41) is 1.84. The molecule has 4 rings (SSSR count). The van der Waals surface area contributed by atoms with Crippen molar-refractivity contribution in [2.24, 2.45) is 0 Å². The van der Waals surface area contributed by atoms with E-state index in [1.807, 2.05) is 55.3 Å². The van der Waals surface area contributed by atoms with E-state index in [0.29, 0.717) is 10.9 Å². The second-order valence-corrected chi connectivity index (χ2v) is 8.30. The Balaban J connectivity index is 1.45. The lowest BCUT2D eigenvalue weighted by Crippen LogP contribution is -2.46. The number of fused-ring (bicyclic) bond motifs is 1. The zero-order chi connectivity index (χ0) is 19.0. The highest BCUT2D eigenvalue weighted by molar-refractivity contribution is 6.30. The molecule has 140 valence electrons. The van der Waals surface area contributed by atoms with Crippen LogP contribution in [0, 0.1) is 0 Å². The summed E-state index contributed by atoms with van der Waals surface area (Å²) in [6.07, 6.45) is 3.74. The van der Waals surface area contributed by atoms with Crippen molar-refractivity contribution in [1.82, 2.24) is 14.9 Å². The number of piperidine rings is 1. The van der Waals surface area contributed by atoms with Crippen LogP contribution in [-0.2, 0) is 10.2 Å². The van der Waals surface area contributed by atoms with Gasteiger partial charge in [0.1, 0.15) is 5.65 Å². The molecule has 4 nitrogen and oxygen atoms in total. The maximum absolute atomic E-state index is 13.2. The Bertz CT molecular complexity index is 920. The first-order chi connectivity index (χ1) is 12.9. The normalized spacial score (nSPS) is 16.0. The first kappa shape index (κ1) is 18.1. The minimum Gasteiger partial charge on any atom is -0.343 e. The Labute approximate surface area is 164 Å². The van der Waals surface area contributed by atoms with Crippen molar-refractivity contribution in [2.75, 3.05) is 13.1 Å². The number of hydrogen-bond acceptors (Lipinski definition) is 2. The van der Waals surface area contributed by atoms with E-state index in [1.54, 1.807) is 0 Å². The van der Waals surface area contributed by atoms with Crippen LogP contribution < -0.4 is 0 Å². The molecule has 0 atom stereocenters. The van der Waals surface area contributed by atoms with Gasteiger partial charge in [-0.3, -0.25) is 4.79 Å². The van der Waals surface area contributed by atoms with E-state index in [9.17, 15) is 4.79 Å². The van der Waals surface area contributed by atoms with Crippen molar-refractivity contribution >= 4 is 28.5 Å². The van der Waals surface area contributed by atoms with Gasteiger partial charge in [-0.05, 0) is 62.6 Å². The highest BCUT2D eigenvalue weighted by atomic mass is 35.5. The summed E-state index contributed by atoms with van der Waals surface area (Å²) < 4.78 is 0. The number of hydrogen-bond donors (Lipinski definition) is 1. The summed E-state index contributed by atoms with van der Waals surface area (Å²) in [4.78, 5) is 23.0. The molecule has 0 saturated carbocycles. The fraction of sp³-hybridized carbons (Fsp3) is 0.364. The number of nitrogens with one attached hydrogen (secondary N) is 1. The molecule has 1 N–H and O–H groups in total. The third kappa shape index (κ3) is 3.46. The molecule has 0 radical (unpaired) electrons. The standard InChI is InChI=1S/C22H24ClN3O/c1-22(2,17-5-7-18(23)8-6-17)21(27)26-12-9-15(10-13-26)19-14-16-4-3-11-24-20(16)25-19/h3-8,11,14-15H,9-10,12-13H2,1-2H3,(H,24,25). The molecule has 0 bridgehead atoms. The molecule has 1 amide bonds. The first-order valence-electron chi connectivity index (χ1n) is 9.44. The summed E-state index contributed by atoms with van der Waals surface area (Å²) in [6.45, 7) is 5.55. The number of pyridine rings is 1. The molecular weight excluding hydrogens is 358 g/mol. The van der Waals surface area contributed by atoms with Crippen LogP contribution in [0.3, 0.4) is 0 Å². The van der Waals surface area contributed by atoms with Crippen molar-refractivity contribution in [3.63, 3.8) is 0 Å². The average molecular weight is 382 g/mol. The number of nitrogens with zero attached hydrogens (tertiary/aromatic N) is 2. The average Bonchev–Trinajstić information content (AvgIpc) is 3.12. The number of carbonyl (C=O) groups excluding carboxylic acids is 1. The van der Waals surface area contributed by atoms with Crippen LogP contribution in [0.25, 0.3) is 11.0 Å². The predicted octanol–water partition coefficient (Wildman–Crippen LogP) is 4.90. The summed E-state index contributed by atoms with van der Waals surface area (Å²) in [5.41, 5.74) is 2.62. The molecule has 0 unspecified atom stereocenters. The summed E-state index contributed by atoms with van der Waals surface area (Å²) >= 11 is 5.99. The van der Waals surface area contributed by atoms with Crippen LogP contribution in [0.5, 0.6) is 0 Å². The Hall–Kier alpha value is -2.33. The van der Waals surface area contributed by atoms with Crippen LogP contribution in [0.15, 0.2) is 48.7 Å². The van der Waals surface area contributed by atoms with Crippen molar-refractivity contribution in [1.29, 1.82) is 0 Å². The molecule has 3 heterocycles. The van der Waals surface area contributed by atoms with Crippen molar-refractivity contribution in [2.45, 2.75) is 38.0 Å². The van der Waals surface area contributed by atoms with Crippen molar-refractivity contribution < 1.29 is 4.79 Å². The van der Waals surface area contributed by atoms with Crippen LogP contribution in [0.4, 0.5) is 0 Å². The number of benzene rings is 1. The van der Waals surface area contributed by atoms with Crippen LogP contribution >= 0.6 is 11.6 Å². The second kappa shape index (κ2) is 7.01. The number of aromatic amines is 1. The van der Waals surface area contributed by atoms with Crippen LogP contribution in [0.1, 0.15) is 43.9 Å². The SMILES string of the molecule is CC(C)(C(=O)N1CCC(c2cc3cccnc3[nH]2)CC1)c1ccc(Cl)cc1. The lowest BCUT2D eigenvalue weighted by atomic mass is 9.82. The molecule has 0 spiro atoms. The lowest BCUT2D eigenvalue weighted by molar-refractivity contribution is -0.137. The van der Waals surface area contributed by atoms with E-state index < -0.39 is 5.41 Å². The Morgan fingerprint density at radius 3 is 2.56 bits per heavy atom. The topological polar surface area (TPSA) is 49.0 Å². The number of aromatic nitrogens is 2. The molecule has 2 aromatic heterocycles. The highest BCUT2D eigenvalue weighted by Crippen LogP contribution is 2.33. The van der Waals surface area contributed by atoms with Crippen molar-refractivity contribution in [3.8, 4) is 0 Å².